The Hall–Kier alpha value is -6.10. The van der Waals surface area contributed by atoms with E-state index in [2.05, 4.69) is 0 Å². The maximum Gasteiger partial charge on any atom is 0.206 e. The molecular formula is C95H110Cl15N5O25S5. The molecule has 10 rings (SSSR count). The first-order valence-corrected chi connectivity index (χ1v) is 57.5. The Bertz CT molecular complexity index is 5380. The number of hydrogen-bond donors (Lipinski definition) is 10. The highest BCUT2D eigenvalue weighted by Crippen LogP contribution is 2.44. The number of hydrogen-bond acceptors (Lipinski definition) is 30. The van der Waals surface area contributed by atoms with E-state index < -0.39 is 79.7 Å². The van der Waals surface area contributed by atoms with Gasteiger partial charge in [0.1, 0.15) is 92.3 Å². The third-order valence-corrected chi connectivity index (χ3v) is 33.7. The Kier molecular flexibility index (Phi) is 54.7. The molecule has 10 aromatic carbocycles. The van der Waals surface area contributed by atoms with E-state index in [0.29, 0.717) is 91.2 Å². The highest BCUT2D eigenvalue weighted by Gasteiger charge is 2.30. The van der Waals surface area contributed by atoms with Crippen molar-refractivity contribution in [1.82, 2.24) is 0 Å². The molecule has 0 saturated carbocycles. The molecule has 0 aromatic heterocycles. The molecular weight excluding hydrogens is 2300 g/mol. The minimum absolute atomic E-state index is 0.0115. The van der Waals surface area contributed by atoms with Gasteiger partial charge in [0.25, 0.3) is 0 Å². The molecule has 10 aromatic rings. The van der Waals surface area contributed by atoms with Crippen LogP contribution < -0.4 is 76.0 Å². The second kappa shape index (κ2) is 62.2. The van der Waals surface area contributed by atoms with Crippen molar-refractivity contribution >= 4 is 223 Å². The van der Waals surface area contributed by atoms with Gasteiger partial charge in [-0.05, 0) is 182 Å². The number of sulfone groups is 5. The molecule has 0 aliphatic rings. The average Bonchev–Trinajstić information content (AvgIpc) is 0.801. The first-order chi connectivity index (χ1) is 68.4. The zero-order valence-electron chi connectivity index (χ0n) is 78.2. The van der Waals surface area contributed by atoms with E-state index >= 15 is 0 Å². The van der Waals surface area contributed by atoms with Crippen molar-refractivity contribution in [3.8, 4) is 57.5 Å². The summed E-state index contributed by atoms with van der Waals surface area (Å²) < 4.78 is 184. The minimum atomic E-state index is -3.86. The zero-order chi connectivity index (χ0) is 108. The monoisotopic (exact) mass is 2410 g/mol. The minimum Gasteiger partial charge on any atom is -0.491 e. The topological polar surface area (TPSA) is 494 Å². The van der Waals surface area contributed by atoms with Crippen LogP contribution in [0.5, 0.6) is 57.5 Å². The van der Waals surface area contributed by atoms with Crippen molar-refractivity contribution in [3.63, 3.8) is 0 Å². The Labute approximate surface area is 919 Å². The predicted molar refractivity (Wildman–Crippen MR) is 571 cm³/mol. The Morgan fingerprint density at radius 3 is 0.428 bits per heavy atom. The molecule has 30 nitrogen and oxygen atoms in total. The molecule has 50 heteroatoms. The van der Waals surface area contributed by atoms with Crippen LogP contribution in [-0.2, 0) is 49.2 Å². The smallest absolute Gasteiger partial charge is 0.206 e. The number of rotatable bonds is 50. The summed E-state index contributed by atoms with van der Waals surface area (Å²) in [7, 11) is -19.3. The summed E-state index contributed by atoms with van der Waals surface area (Å²) in [6.07, 6.45) is -3.98. The fourth-order valence-electron chi connectivity index (χ4n) is 11.1. The van der Waals surface area contributed by atoms with Gasteiger partial charge < -0.3 is 102 Å². The number of aliphatic hydroxyl groups is 5. The fourth-order valence-corrected chi connectivity index (χ4v) is 21.7. The molecule has 0 amide bonds. The van der Waals surface area contributed by atoms with E-state index in [1.54, 1.807) is 0 Å². The number of nitrogens with two attached hydrogens (primary N) is 5. The van der Waals surface area contributed by atoms with Crippen LogP contribution in [0.15, 0.2) is 231 Å². The molecule has 0 bridgehead atoms. The molecule has 0 radical (unpaired) electrons. The van der Waals surface area contributed by atoms with Crippen molar-refractivity contribution in [2.75, 3.05) is 128 Å². The van der Waals surface area contributed by atoms with Crippen molar-refractivity contribution in [1.29, 1.82) is 0 Å². The van der Waals surface area contributed by atoms with Crippen molar-refractivity contribution in [2.24, 2.45) is 58.3 Å². The van der Waals surface area contributed by atoms with Gasteiger partial charge in [-0.15, -0.1) is 58.0 Å². The molecule has 0 saturated heterocycles. The van der Waals surface area contributed by atoms with Gasteiger partial charge in [-0.1, -0.05) is 151 Å². The third-order valence-electron chi connectivity index (χ3n) is 19.5. The lowest BCUT2D eigenvalue weighted by molar-refractivity contribution is 0.114. The molecule has 0 heterocycles. The predicted octanol–water partition coefficient (Wildman–Crippen LogP) is 18.9. The van der Waals surface area contributed by atoms with Crippen molar-refractivity contribution in [3.05, 3.63) is 232 Å². The molecule has 0 aliphatic heterocycles. The number of benzene rings is 10. The fraction of sp³-hybridized carbons (Fsp3) is 0.368. The first kappa shape index (κ1) is 128. The molecule has 15 N–H and O–H groups in total. The van der Waals surface area contributed by atoms with Crippen LogP contribution in [0.25, 0.3) is 0 Å². The van der Waals surface area contributed by atoms with Crippen LogP contribution in [0, 0.1) is 29.6 Å². The van der Waals surface area contributed by atoms with Gasteiger partial charge >= 0.3 is 0 Å². The lowest BCUT2D eigenvalue weighted by atomic mass is 10.2. The van der Waals surface area contributed by atoms with E-state index in [0.717, 1.165) is 0 Å². The lowest BCUT2D eigenvalue weighted by Crippen LogP contribution is -2.26. The molecule has 800 valence electrons. The summed E-state index contributed by atoms with van der Waals surface area (Å²) in [6.45, 7) is 11.4. The summed E-state index contributed by atoms with van der Waals surface area (Å²) in [5, 5.41) is 48.0. The standard InChI is InChI=1S/5C19H22Cl3NO5S/c5*1-12(8-20)10-28-19-17(21)6-16(7-18(19)22)29(25,26)15-4-2-14(3-5-15)27-11-13(24)9-23/h5*2-7,12-13,24H,8-11,23H2,1H3/t2*12-,13+;2*12-,13-;/m1010./s1. The quantitative estimate of drug-likeness (QED) is 0.0158. The van der Waals surface area contributed by atoms with E-state index in [1.807, 2.05) is 34.6 Å². The van der Waals surface area contributed by atoms with Crippen LogP contribution in [0.2, 0.25) is 50.2 Å². The third kappa shape index (κ3) is 39.5. The van der Waals surface area contributed by atoms with Gasteiger partial charge in [0, 0.05) is 91.7 Å². The van der Waals surface area contributed by atoms with Gasteiger partial charge in [0.05, 0.1) is 132 Å². The van der Waals surface area contributed by atoms with Gasteiger partial charge in [0.15, 0.2) is 28.7 Å². The van der Waals surface area contributed by atoms with Gasteiger partial charge in [0.2, 0.25) is 49.2 Å². The van der Waals surface area contributed by atoms with Gasteiger partial charge in [-0.25, -0.2) is 42.1 Å². The largest absolute Gasteiger partial charge is 0.491 e. The average molecular weight is 2410 g/mol. The summed E-state index contributed by atoms with van der Waals surface area (Å²) in [6, 6.07) is 41.8. The number of ether oxygens (including phenoxy) is 10. The van der Waals surface area contributed by atoms with E-state index in [-0.39, 0.29) is 223 Å². The van der Waals surface area contributed by atoms with Crippen LogP contribution >= 0.6 is 174 Å². The van der Waals surface area contributed by atoms with Crippen molar-refractivity contribution < 1.29 is 115 Å². The summed E-state index contributed by atoms with van der Waals surface area (Å²) in [5.41, 5.74) is 26.6. The van der Waals surface area contributed by atoms with Crippen LogP contribution in [0.4, 0.5) is 0 Å². The highest BCUT2D eigenvalue weighted by molar-refractivity contribution is 7.92. The normalized spacial score (nSPS) is 13.7. The molecule has 0 aliphatic carbocycles. The molecule has 145 heavy (non-hydrogen) atoms. The van der Waals surface area contributed by atoms with Crippen LogP contribution in [0.3, 0.4) is 0 Å². The number of halogens is 15. The Morgan fingerprint density at radius 2 is 0.324 bits per heavy atom. The Balaban J connectivity index is 0.000000277. The summed E-state index contributed by atoms with van der Waals surface area (Å²) >= 11 is 90.8. The maximum absolute atomic E-state index is 12.9. The first-order valence-electron chi connectivity index (χ1n) is 43.6. The molecule has 0 fully saturated rings. The van der Waals surface area contributed by atoms with Crippen molar-refractivity contribution in [2.45, 2.75) is 114 Å². The van der Waals surface area contributed by atoms with Gasteiger partial charge in [-0.3, -0.25) is 0 Å². The van der Waals surface area contributed by atoms with E-state index in [9.17, 15) is 67.6 Å². The van der Waals surface area contributed by atoms with E-state index in [4.69, 9.17) is 250 Å². The van der Waals surface area contributed by atoms with Gasteiger partial charge in [-0.2, -0.15) is 0 Å². The number of aliphatic hydroxyl groups excluding tert-OH is 5. The summed E-state index contributed by atoms with van der Waals surface area (Å²) in [5.74, 6) is 5.57. The molecule has 2 unspecified atom stereocenters. The summed E-state index contributed by atoms with van der Waals surface area (Å²) in [4.78, 5) is -0.0775. The maximum atomic E-state index is 12.9. The second-order valence-corrected chi connectivity index (χ2v) is 47.7. The van der Waals surface area contributed by atoms with Crippen LogP contribution in [0.1, 0.15) is 34.6 Å². The SMILES string of the molecule is CC(CCl)COc1c(Cl)cc(S(=O)(=O)c2ccc(OCC(O)CN)cc2)cc1Cl.C[C@@H](CCl)COc1c(Cl)cc(S(=O)(=O)c2ccc(OC[C@@H](O)CN)cc2)cc1Cl.C[C@@H](CCl)COc1c(Cl)cc(S(=O)(=O)c2ccc(OC[C@H](O)CN)cc2)cc1Cl.C[C@H](CCl)COc1c(Cl)cc(S(=O)(=O)c2ccc(OC[C@@H](O)CN)cc2)cc1Cl.C[C@H](CCl)COc1c(Cl)cc(S(=O)(=O)c2ccc(OC[C@H](O)CN)cc2)cc1Cl. The number of alkyl halides is 5. The zero-order valence-corrected chi connectivity index (χ0v) is 93.7. The molecule has 10 atom stereocenters. The molecule has 0 spiro atoms. The Morgan fingerprint density at radius 1 is 0.207 bits per heavy atom. The highest BCUT2D eigenvalue weighted by atomic mass is 35.5. The lowest BCUT2D eigenvalue weighted by Gasteiger charge is -2.15. The van der Waals surface area contributed by atoms with Crippen LogP contribution in [-0.4, -0.2) is 226 Å². The second-order valence-electron chi connectivity index (χ2n) is 32.3. The van der Waals surface area contributed by atoms with E-state index in [1.165, 1.54) is 182 Å².